The third kappa shape index (κ3) is 4.55. The lowest BCUT2D eigenvalue weighted by atomic mass is 9.84. The van der Waals surface area contributed by atoms with E-state index < -0.39 is 6.10 Å². The smallest absolute Gasteiger partial charge is 0.255 e. The lowest BCUT2D eigenvalue weighted by molar-refractivity contribution is -0.149. The zero-order chi connectivity index (χ0) is 27.2. The van der Waals surface area contributed by atoms with Crippen molar-refractivity contribution in [1.82, 2.24) is 4.90 Å². The predicted molar refractivity (Wildman–Crippen MR) is 145 cm³/mol. The topological polar surface area (TPSA) is 107 Å². The van der Waals surface area contributed by atoms with Gasteiger partial charge in [-0.15, -0.1) is 0 Å². The molecule has 4 aliphatic heterocycles. The molecule has 1 fully saturated rings. The van der Waals surface area contributed by atoms with Crippen LogP contribution in [0.3, 0.4) is 0 Å². The van der Waals surface area contributed by atoms with Crippen LogP contribution < -0.4 is 19.5 Å². The van der Waals surface area contributed by atoms with Gasteiger partial charge >= 0.3 is 0 Å². The van der Waals surface area contributed by atoms with E-state index in [2.05, 4.69) is 17.4 Å². The fourth-order valence-corrected chi connectivity index (χ4v) is 6.24. The summed E-state index contributed by atoms with van der Waals surface area (Å²) in [6, 6.07) is 18.9. The molecule has 9 heteroatoms. The van der Waals surface area contributed by atoms with Gasteiger partial charge in [-0.2, -0.15) is 0 Å². The maximum Gasteiger partial charge on any atom is 0.255 e. The molecule has 9 nitrogen and oxygen atoms in total. The summed E-state index contributed by atoms with van der Waals surface area (Å²) >= 11 is 0. The minimum absolute atomic E-state index is 0.0542. The summed E-state index contributed by atoms with van der Waals surface area (Å²) in [6.07, 6.45) is 0.441. The Hall–Kier alpha value is -4.08. The van der Waals surface area contributed by atoms with Crippen molar-refractivity contribution in [2.45, 2.75) is 50.0 Å². The standard InChI is InChI=1S/C31H30N2O7/c34-16-28-30-24(13-22(39-28)14-29(35)33-10-9-18-3-1-2-4-20(18)15-33)23-12-21(6-8-25(23)40-30)32-31(36)19-5-7-26-27(11-19)38-17-37-26/h1-8,11-12,22,24,28,30,34H,9-10,13-17H2,(H,32,36)/t22-,24+,28-,30-/m1/s1. The number of ether oxygens (including phenoxy) is 4. The SMILES string of the molecule is O=C(Nc1ccc2c(c1)[C@@H]1C[C@H](CC(=O)N3CCc4ccccc4C3)O[C@H](CO)[C@@H]1O2)c1ccc2c(c1)OCO2. The van der Waals surface area contributed by atoms with Gasteiger partial charge in [-0.3, -0.25) is 9.59 Å². The fourth-order valence-electron chi connectivity index (χ4n) is 6.24. The highest BCUT2D eigenvalue weighted by Gasteiger charge is 2.46. The molecule has 40 heavy (non-hydrogen) atoms. The van der Waals surface area contributed by atoms with Crippen LogP contribution in [0.15, 0.2) is 60.7 Å². The second kappa shape index (κ2) is 10.1. The second-order valence-electron chi connectivity index (χ2n) is 10.7. The zero-order valence-electron chi connectivity index (χ0n) is 21.9. The normalized spacial score (nSPS) is 24.0. The summed E-state index contributed by atoms with van der Waals surface area (Å²) in [4.78, 5) is 28.1. The lowest BCUT2D eigenvalue weighted by Crippen LogP contribution is -2.48. The molecule has 206 valence electrons. The molecule has 0 aliphatic carbocycles. The number of rotatable bonds is 5. The Morgan fingerprint density at radius 2 is 1.80 bits per heavy atom. The molecule has 0 bridgehead atoms. The van der Waals surface area contributed by atoms with Gasteiger partial charge in [0, 0.05) is 35.8 Å². The maximum atomic E-state index is 13.3. The van der Waals surface area contributed by atoms with Gasteiger partial charge in [0.15, 0.2) is 11.5 Å². The van der Waals surface area contributed by atoms with Crippen LogP contribution in [0.25, 0.3) is 0 Å². The molecule has 0 saturated carbocycles. The lowest BCUT2D eigenvalue weighted by Gasteiger charge is -2.38. The monoisotopic (exact) mass is 542 g/mol. The zero-order valence-corrected chi connectivity index (χ0v) is 21.9. The van der Waals surface area contributed by atoms with Crippen molar-refractivity contribution in [2.24, 2.45) is 0 Å². The summed E-state index contributed by atoms with van der Waals surface area (Å²) in [5, 5.41) is 13.1. The van der Waals surface area contributed by atoms with Crippen LogP contribution in [0.5, 0.6) is 17.2 Å². The number of anilines is 1. The van der Waals surface area contributed by atoms with Crippen LogP contribution in [0.2, 0.25) is 0 Å². The molecule has 3 aromatic rings. The highest BCUT2D eigenvalue weighted by molar-refractivity contribution is 6.04. The van der Waals surface area contributed by atoms with E-state index in [4.69, 9.17) is 18.9 Å². The maximum absolute atomic E-state index is 13.3. The number of aliphatic hydroxyl groups is 1. The number of amides is 2. The average Bonchev–Trinajstić information content (AvgIpc) is 3.60. The first kappa shape index (κ1) is 24.9. The number of fused-ring (bicyclic) bond motifs is 5. The first-order valence-corrected chi connectivity index (χ1v) is 13.7. The highest BCUT2D eigenvalue weighted by atomic mass is 16.7. The Labute approximate surface area is 231 Å². The van der Waals surface area contributed by atoms with E-state index in [0.717, 1.165) is 12.0 Å². The van der Waals surface area contributed by atoms with Crippen molar-refractivity contribution in [3.63, 3.8) is 0 Å². The largest absolute Gasteiger partial charge is 0.487 e. The Morgan fingerprint density at radius 1 is 0.975 bits per heavy atom. The molecule has 0 radical (unpaired) electrons. The molecule has 1 saturated heterocycles. The molecule has 2 amide bonds. The van der Waals surface area contributed by atoms with Crippen molar-refractivity contribution in [3.05, 3.63) is 82.9 Å². The number of hydrogen-bond acceptors (Lipinski definition) is 7. The molecular formula is C31H30N2O7. The minimum Gasteiger partial charge on any atom is -0.487 e. The van der Waals surface area contributed by atoms with Crippen LogP contribution in [-0.2, 0) is 22.5 Å². The summed E-state index contributed by atoms with van der Waals surface area (Å²) < 4.78 is 23.1. The van der Waals surface area contributed by atoms with Gasteiger partial charge in [0.1, 0.15) is 18.0 Å². The van der Waals surface area contributed by atoms with E-state index >= 15 is 0 Å². The quantitative estimate of drug-likeness (QED) is 0.507. The Morgan fingerprint density at radius 3 is 2.67 bits per heavy atom. The van der Waals surface area contributed by atoms with E-state index in [9.17, 15) is 14.7 Å². The number of carbonyl (C=O) groups is 2. The van der Waals surface area contributed by atoms with Crippen molar-refractivity contribution in [3.8, 4) is 17.2 Å². The highest BCUT2D eigenvalue weighted by Crippen LogP contribution is 2.47. The molecule has 4 atom stereocenters. The number of nitrogens with zero attached hydrogens (tertiary/aromatic N) is 1. The third-order valence-electron chi connectivity index (χ3n) is 8.28. The van der Waals surface area contributed by atoms with E-state index in [0.29, 0.717) is 48.0 Å². The molecule has 0 aromatic heterocycles. The van der Waals surface area contributed by atoms with Crippen LogP contribution >= 0.6 is 0 Å². The fraction of sp³-hybridized carbons (Fsp3) is 0.355. The van der Waals surface area contributed by atoms with E-state index in [1.165, 1.54) is 11.1 Å². The Balaban J connectivity index is 1.05. The van der Waals surface area contributed by atoms with Gasteiger partial charge in [-0.05, 0) is 60.4 Å². The molecule has 4 aliphatic rings. The summed E-state index contributed by atoms with van der Waals surface area (Å²) in [7, 11) is 0. The molecule has 0 unspecified atom stereocenters. The predicted octanol–water partition coefficient (Wildman–Crippen LogP) is 3.64. The molecule has 2 N–H and O–H groups in total. The summed E-state index contributed by atoms with van der Waals surface area (Å²) in [5.41, 5.74) is 4.53. The van der Waals surface area contributed by atoms with E-state index in [-0.39, 0.29) is 49.8 Å². The van der Waals surface area contributed by atoms with Crippen molar-refractivity contribution in [1.29, 1.82) is 0 Å². The van der Waals surface area contributed by atoms with Gasteiger partial charge in [0.05, 0.1) is 19.1 Å². The van der Waals surface area contributed by atoms with Crippen LogP contribution in [0.1, 0.15) is 45.8 Å². The number of carbonyl (C=O) groups excluding carboxylic acids is 2. The van der Waals surface area contributed by atoms with Gasteiger partial charge in [-0.1, -0.05) is 24.3 Å². The van der Waals surface area contributed by atoms with Crippen molar-refractivity contribution >= 4 is 17.5 Å². The molecule has 4 heterocycles. The molecule has 3 aromatic carbocycles. The summed E-state index contributed by atoms with van der Waals surface area (Å²) in [5.74, 6) is 1.60. The third-order valence-corrected chi connectivity index (χ3v) is 8.28. The first-order chi connectivity index (χ1) is 19.6. The van der Waals surface area contributed by atoms with Gasteiger partial charge < -0.3 is 34.3 Å². The molecule has 0 spiro atoms. The average molecular weight is 543 g/mol. The number of hydrogen-bond donors (Lipinski definition) is 2. The minimum atomic E-state index is -0.544. The van der Waals surface area contributed by atoms with E-state index in [1.807, 2.05) is 29.2 Å². The number of aliphatic hydroxyl groups excluding tert-OH is 1. The first-order valence-electron chi connectivity index (χ1n) is 13.7. The molecular weight excluding hydrogens is 512 g/mol. The van der Waals surface area contributed by atoms with Crippen molar-refractivity contribution in [2.75, 3.05) is 25.3 Å². The van der Waals surface area contributed by atoms with Gasteiger partial charge in [0.2, 0.25) is 12.7 Å². The van der Waals surface area contributed by atoms with Crippen LogP contribution in [0, 0.1) is 0 Å². The van der Waals surface area contributed by atoms with E-state index in [1.54, 1.807) is 24.3 Å². The van der Waals surface area contributed by atoms with Crippen molar-refractivity contribution < 1.29 is 33.6 Å². The van der Waals surface area contributed by atoms with Crippen LogP contribution in [0.4, 0.5) is 5.69 Å². The second-order valence-corrected chi connectivity index (χ2v) is 10.7. The van der Waals surface area contributed by atoms with Crippen LogP contribution in [-0.4, -0.2) is 60.1 Å². The number of nitrogens with one attached hydrogen (secondary N) is 1. The Kier molecular flexibility index (Phi) is 6.32. The van der Waals surface area contributed by atoms with Gasteiger partial charge in [0.25, 0.3) is 5.91 Å². The summed E-state index contributed by atoms with van der Waals surface area (Å²) in [6.45, 7) is 1.24. The Bertz CT molecular complexity index is 1470. The molecule has 7 rings (SSSR count). The van der Waals surface area contributed by atoms with Gasteiger partial charge in [-0.25, -0.2) is 0 Å². The number of benzene rings is 3.